The molecule has 0 saturated carbocycles. The molecule has 0 aliphatic heterocycles. The number of para-hydroxylation sites is 1. The first kappa shape index (κ1) is 14.8. The van der Waals surface area contributed by atoms with Gasteiger partial charge < -0.3 is 10.1 Å². The van der Waals surface area contributed by atoms with E-state index in [1.165, 1.54) is 6.33 Å². The molecule has 2 aromatic carbocycles. The van der Waals surface area contributed by atoms with Crippen LogP contribution in [0.1, 0.15) is 5.56 Å². The average molecular weight is 334 g/mol. The first-order chi connectivity index (χ1) is 12.4. The van der Waals surface area contributed by atoms with Gasteiger partial charge in [-0.3, -0.25) is 0 Å². The second-order valence-electron chi connectivity index (χ2n) is 5.14. The zero-order valence-corrected chi connectivity index (χ0v) is 13.1. The Hall–Kier alpha value is -3.75. The van der Waals surface area contributed by atoms with E-state index in [9.17, 15) is 0 Å². The third-order valence-corrected chi connectivity index (χ3v) is 3.45. The molecule has 2 N–H and O–H groups in total. The minimum absolute atomic E-state index is 0.304. The fraction of sp³-hybridized carbons (Fsp3) is 0.0625. The predicted octanol–water partition coefficient (Wildman–Crippen LogP) is 2.18. The Labute approximate surface area is 142 Å². The van der Waals surface area contributed by atoms with E-state index in [2.05, 4.69) is 36.0 Å². The van der Waals surface area contributed by atoms with E-state index in [1.807, 2.05) is 54.6 Å². The molecule has 124 valence electrons. The van der Waals surface area contributed by atoms with Crippen LogP contribution in [0.5, 0.6) is 11.8 Å². The van der Waals surface area contributed by atoms with Crippen molar-refractivity contribution in [1.82, 2.24) is 35.4 Å². The molecule has 0 spiro atoms. The Kier molecular flexibility index (Phi) is 4.02. The zero-order chi connectivity index (χ0) is 16.9. The number of H-pyrrole nitrogens is 1. The molecule has 0 radical (unpaired) electrons. The highest BCUT2D eigenvalue weighted by atomic mass is 16.5. The van der Waals surface area contributed by atoms with E-state index >= 15 is 0 Å². The van der Waals surface area contributed by atoms with Crippen LogP contribution in [0.15, 0.2) is 60.9 Å². The van der Waals surface area contributed by atoms with Gasteiger partial charge in [0.05, 0.1) is 5.69 Å². The van der Waals surface area contributed by atoms with Gasteiger partial charge in [-0.25, -0.2) is 10.1 Å². The van der Waals surface area contributed by atoms with Gasteiger partial charge in [-0.2, -0.15) is 9.78 Å². The Morgan fingerprint density at radius 2 is 1.88 bits per heavy atom. The highest BCUT2D eigenvalue weighted by Gasteiger charge is 2.10. The quantitative estimate of drug-likeness (QED) is 0.556. The first-order valence-corrected chi connectivity index (χ1v) is 7.58. The standard InChI is InChI=1S/C16H14N8O/c1-2-4-13(5-3-1)24-16(21-22-23-24)25-14-8-6-12(7-9-14)10-17-15-18-11-19-20-15/h1-9,11H,10H2,(H2,17,18,19,20). The number of anilines is 1. The summed E-state index contributed by atoms with van der Waals surface area (Å²) >= 11 is 0. The first-order valence-electron chi connectivity index (χ1n) is 7.58. The van der Waals surface area contributed by atoms with Crippen LogP contribution in [-0.4, -0.2) is 35.4 Å². The summed E-state index contributed by atoms with van der Waals surface area (Å²) in [5.41, 5.74) is 1.90. The molecule has 9 heteroatoms. The molecule has 0 saturated heterocycles. The molecule has 0 aliphatic carbocycles. The Morgan fingerprint density at radius 3 is 2.64 bits per heavy atom. The van der Waals surface area contributed by atoms with Crippen LogP contribution < -0.4 is 10.1 Å². The maximum absolute atomic E-state index is 5.79. The molecule has 0 unspecified atom stereocenters. The summed E-state index contributed by atoms with van der Waals surface area (Å²) < 4.78 is 7.33. The SMILES string of the molecule is c1ccc(-n2nnnc2Oc2ccc(CNc3ncn[nH]3)cc2)cc1. The van der Waals surface area contributed by atoms with Crippen LogP contribution in [0.4, 0.5) is 5.95 Å². The summed E-state index contributed by atoms with van der Waals surface area (Å²) in [4.78, 5) is 4.01. The molecule has 2 heterocycles. The zero-order valence-electron chi connectivity index (χ0n) is 13.1. The molecule has 2 aromatic heterocycles. The van der Waals surface area contributed by atoms with Gasteiger partial charge in [0.1, 0.15) is 12.1 Å². The van der Waals surface area contributed by atoms with Crippen LogP contribution in [-0.2, 0) is 6.54 Å². The van der Waals surface area contributed by atoms with E-state index in [0.717, 1.165) is 11.3 Å². The van der Waals surface area contributed by atoms with E-state index in [0.29, 0.717) is 24.3 Å². The normalized spacial score (nSPS) is 10.6. The highest BCUT2D eigenvalue weighted by molar-refractivity contribution is 5.35. The number of hydrogen-bond acceptors (Lipinski definition) is 7. The summed E-state index contributed by atoms with van der Waals surface area (Å²) in [5, 5.41) is 21.2. The average Bonchev–Trinajstić information content (AvgIpc) is 3.34. The maximum atomic E-state index is 5.79. The Bertz CT molecular complexity index is 918. The van der Waals surface area contributed by atoms with Crippen LogP contribution >= 0.6 is 0 Å². The molecule has 4 rings (SSSR count). The van der Waals surface area contributed by atoms with Gasteiger partial charge in [0, 0.05) is 6.54 Å². The van der Waals surface area contributed by atoms with Crippen molar-refractivity contribution in [3.8, 4) is 17.4 Å². The summed E-state index contributed by atoms with van der Waals surface area (Å²) in [6, 6.07) is 17.5. The number of rotatable bonds is 6. The number of hydrogen-bond donors (Lipinski definition) is 2. The molecule has 25 heavy (non-hydrogen) atoms. The second kappa shape index (κ2) is 6.79. The predicted molar refractivity (Wildman–Crippen MR) is 89.4 cm³/mol. The number of nitrogens with zero attached hydrogens (tertiary/aromatic N) is 6. The van der Waals surface area contributed by atoms with E-state index in [4.69, 9.17) is 4.74 Å². The van der Waals surface area contributed by atoms with Gasteiger partial charge in [-0.1, -0.05) is 35.4 Å². The number of aromatic amines is 1. The van der Waals surface area contributed by atoms with Crippen LogP contribution in [0.3, 0.4) is 0 Å². The summed E-state index contributed by atoms with van der Waals surface area (Å²) in [6.07, 6.45) is 1.45. The number of aromatic nitrogens is 7. The molecular formula is C16H14N8O. The van der Waals surface area contributed by atoms with Gasteiger partial charge in [0.15, 0.2) is 0 Å². The largest absolute Gasteiger partial charge is 0.423 e. The summed E-state index contributed by atoms with van der Waals surface area (Å²) in [6.45, 7) is 0.622. The molecule has 0 bridgehead atoms. The Morgan fingerprint density at radius 1 is 1.04 bits per heavy atom. The van der Waals surface area contributed by atoms with Crippen molar-refractivity contribution >= 4 is 5.95 Å². The smallest absolute Gasteiger partial charge is 0.345 e. The van der Waals surface area contributed by atoms with Crippen molar-refractivity contribution in [2.75, 3.05) is 5.32 Å². The molecule has 0 aliphatic rings. The van der Waals surface area contributed by atoms with Crippen LogP contribution in [0, 0.1) is 0 Å². The van der Waals surface area contributed by atoms with Gasteiger partial charge in [-0.15, -0.1) is 0 Å². The number of ether oxygens (including phenoxy) is 1. The van der Waals surface area contributed by atoms with Crippen molar-refractivity contribution < 1.29 is 4.74 Å². The highest BCUT2D eigenvalue weighted by Crippen LogP contribution is 2.21. The monoisotopic (exact) mass is 334 g/mol. The molecule has 0 amide bonds. The van der Waals surface area contributed by atoms with Crippen molar-refractivity contribution in [3.63, 3.8) is 0 Å². The van der Waals surface area contributed by atoms with Gasteiger partial charge in [-0.05, 0) is 40.3 Å². The third kappa shape index (κ3) is 3.44. The fourth-order valence-electron chi connectivity index (χ4n) is 2.23. The van der Waals surface area contributed by atoms with Crippen LogP contribution in [0.2, 0.25) is 0 Å². The third-order valence-electron chi connectivity index (χ3n) is 3.45. The summed E-state index contributed by atoms with van der Waals surface area (Å²) in [5.74, 6) is 1.28. The number of tetrazole rings is 1. The lowest BCUT2D eigenvalue weighted by Gasteiger charge is -2.07. The van der Waals surface area contributed by atoms with E-state index in [-0.39, 0.29) is 0 Å². The molecular weight excluding hydrogens is 320 g/mol. The van der Waals surface area contributed by atoms with Crippen molar-refractivity contribution in [2.24, 2.45) is 0 Å². The Balaban J connectivity index is 1.44. The topological polar surface area (TPSA) is 106 Å². The number of nitrogens with one attached hydrogen (secondary N) is 2. The second-order valence-corrected chi connectivity index (χ2v) is 5.14. The van der Waals surface area contributed by atoms with Crippen molar-refractivity contribution in [2.45, 2.75) is 6.54 Å². The fourth-order valence-corrected chi connectivity index (χ4v) is 2.23. The maximum Gasteiger partial charge on any atom is 0.345 e. The van der Waals surface area contributed by atoms with Gasteiger partial charge >= 0.3 is 6.01 Å². The van der Waals surface area contributed by atoms with E-state index in [1.54, 1.807) is 4.68 Å². The summed E-state index contributed by atoms with van der Waals surface area (Å²) in [7, 11) is 0. The lowest BCUT2D eigenvalue weighted by Crippen LogP contribution is -2.01. The minimum atomic E-state index is 0.304. The lowest BCUT2D eigenvalue weighted by atomic mass is 10.2. The minimum Gasteiger partial charge on any atom is -0.423 e. The molecule has 9 nitrogen and oxygen atoms in total. The van der Waals surface area contributed by atoms with Crippen molar-refractivity contribution in [3.05, 3.63) is 66.5 Å². The lowest BCUT2D eigenvalue weighted by molar-refractivity contribution is 0.427. The van der Waals surface area contributed by atoms with Gasteiger partial charge in [0.25, 0.3) is 0 Å². The molecule has 0 atom stereocenters. The van der Waals surface area contributed by atoms with E-state index < -0.39 is 0 Å². The number of benzene rings is 2. The molecule has 4 aromatic rings. The molecule has 0 fully saturated rings. The van der Waals surface area contributed by atoms with Gasteiger partial charge in [0.2, 0.25) is 5.95 Å². The van der Waals surface area contributed by atoms with Crippen molar-refractivity contribution in [1.29, 1.82) is 0 Å². The van der Waals surface area contributed by atoms with Crippen LogP contribution in [0.25, 0.3) is 5.69 Å².